The molecule has 4 rings (SSSR count). The molecule has 0 aliphatic carbocycles. The second kappa shape index (κ2) is 7.45. The summed E-state index contributed by atoms with van der Waals surface area (Å²) < 4.78 is 12.2. The molecule has 10 heteroatoms. The Labute approximate surface area is 168 Å². The van der Waals surface area contributed by atoms with Crippen molar-refractivity contribution in [3.63, 3.8) is 0 Å². The van der Waals surface area contributed by atoms with Crippen molar-refractivity contribution in [3.05, 3.63) is 53.4 Å². The number of aromatic nitrogens is 4. The Morgan fingerprint density at radius 1 is 1.11 bits per heavy atom. The van der Waals surface area contributed by atoms with Gasteiger partial charge in [-0.1, -0.05) is 22.9 Å². The Balaban J connectivity index is 1.56. The van der Waals surface area contributed by atoms with Crippen LogP contribution in [0.15, 0.2) is 42.7 Å². The highest BCUT2D eigenvalue weighted by atomic mass is 35.5. The summed E-state index contributed by atoms with van der Waals surface area (Å²) in [5.41, 5.74) is 1.65. The number of rotatable bonds is 5. The first-order chi connectivity index (χ1) is 13.6. The van der Waals surface area contributed by atoms with E-state index >= 15 is 0 Å². The van der Waals surface area contributed by atoms with Gasteiger partial charge in [-0.15, -0.1) is 10.2 Å². The molecule has 1 N–H and O–H groups in total. The van der Waals surface area contributed by atoms with Crippen LogP contribution in [0.3, 0.4) is 0 Å². The first-order valence-electron chi connectivity index (χ1n) is 8.08. The van der Waals surface area contributed by atoms with Crippen molar-refractivity contribution in [2.75, 3.05) is 19.5 Å². The number of halogens is 1. The van der Waals surface area contributed by atoms with Crippen molar-refractivity contribution in [2.45, 2.75) is 0 Å². The fourth-order valence-electron chi connectivity index (χ4n) is 2.56. The molecule has 1 aromatic carbocycles. The fraction of sp³-hybridized carbons (Fsp3) is 0.111. The molecule has 3 heterocycles. The molecule has 0 radical (unpaired) electrons. The molecule has 0 atom stereocenters. The van der Waals surface area contributed by atoms with E-state index in [-0.39, 0.29) is 11.6 Å². The number of methoxy groups -OCH3 is 2. The zero-order valence-electron chi connectivity index (χ0n) is 14.8. The number of benzene rings is 1. The minimum absolute atomic E-state index is 0.252. The van der Waals surface area contributed by atoms with E-state index in [1.54, 1.807) is 49.2 Å². The minimum atomic E-state index is -0.384. The third-order valence-corrected chi connectivity index (χ3v) is 5.00. The van der Waals surface area contributed by atoms with Crippen LogP contribution in [0.25, 0.3) is 16.2 Å². The van der Waals surface area contributed by atoms with Gasteiger partial charge in [-0.05, 0) is 24.3 Å². The lowest BCUT2D eigenvalue weighted by atomic mass is 10.2. The minimum Gasteiger partial charge on any atom is -0.497 e. The third-order valence-electron chi connectivity index (χ3n) is 3.89. The summed E-state index contributed by atoms with van der Waals surface area (Å²) in [7, 11) is 3.15. The first kappa shape index (κ1) is 18.2. The SMILES string of the molecule is COc1cc(OC)cc(-c2nnc(NC(=O)c3cn4cc(Cl)ccc4n3)s2)c1. The Morgan fingerprint density at radius 2 is 1.86 bits per heavy atom. The van der Waals surface area contributed by atoms with Gasteiger partial charge in [0, 0.05) is 24.0 Å². The largest absolute Gasteiger partial charge is 0.497 e. The number of imidazole rings is 1. The molecule has 8 nitrogen and oxygen atoms in total. The van der Waals surface area contributed by atoms with Gasteiger partial charge in [-0.25, -0.2) is 4.98 Å². The first-order valence-corrected chi connectivity index (χ1v) is 9.28. The predicted octanol–water partition coefficient (Wildman–Crippen LogP) is 3.78. The highest BCUT2D eigenvalue weighted by Crippen LogP contribution is 2.32. The van der Waals surface area contributed by atoms with Gasteiger partial charge >= 0.3 is 0 Å². The predicted molar refractivity (Wildman–Crippen MR) is 107 cm³/mol. The molecule has 3 aromatic heterocycles. The monoisotopic (exact) mass is 415 g/mol. The van der Waals surface area contributed by atoms with Crippen molar-refractivity contribution >= 4 is 39.6 Å². The summed E-state index contributed by atoms with van der Waals surface area (Å²) in [5, 5.41) is 12.4. The number of carbonyl (C=O) groups excluding carboxylic acids is 1. The number of ether oxygens (including phenoxy) is 2. The number of pyridine rings is 1. The molecule has 0 bridgehead atoms. The van der Waals surface area contributed by atoms with E-state index in [0.29, 0.717) is 32.3 Å². The molecule has 28 heavy (non-hydrogen) atoms. The molecule has 1 amide bonds. The molecule has 4 aromatic rings. The molecular weight excluding hydrogens is 402 g/mol. The van der Waals surface area contributed by atoms with E-state index in [4.69, 9.17) is 21.1 Å². The van der Waals surface area contributed by atoms with Gasteiger partial charge in [0.25, 0.3) is 5.91 Å². The molecular formula is C18H14ClN5O3S. The van der Waals surface area contributed by atoms with Crippen LogP contribution in [0.2, 0.25) is 5.02 Å². The Bertz CT molecular complexity index is 1150. The van der Waals surface area contributed by atoms with Crippen molar-refractivity contribution in [1.82, 2.24) is 19.6 Å². The Kier molecular flexibility index (Phi) is 4.84. The van der Waals surface area contributed by atoms with Crippen LogP contribution < -0.4 is 14.8 Å². The van der Waals surface area contributed by atoms with E-state index in [1.165, 1.54) is 11.3 Å². The fourth-order valence-corrected chi connectivity index (χ4v) is 3.45. The zero-order valence-corrected chi connectivity index (χ0v) is 16.4. The number of hydrogen-bond donors (Lipinski definition) is 1. The van der Waals surface area contributed by atoms with E-state index in [1.807, 2.05) is 12.1 Å². The number of hydrogen-bond acceptors (Lipinski definition) is 7. The van der Waals surface area contributed by atoms with E-state index in [2.05, 4.69) is 20.5 Å². The van der Waals surface area contributed by atoms with Gasteiger partial charge in [0.2, 0.25) is 5.13 Å². The third kappa shape index (κ3) is 3.62. The van der Waals surface area contributed by atoms with E-state index in [0.717, 1.165) is 5.56 Å². The number of amides is 1. The topological polar surface area (TPSA) is 90.6 Å². The van der Waals surface area contributed by atoms with E-state index in [9.17, 15) is 4.79 Å². The lowest BCUT2D eigenvalue weighted by molar-refractivity contribution is 0.102. The van der Waals surface area contributed by atoms with Gasteiger partial charge in [-0.2, -0.15) is 0 Å². The summed E-state index contributed by atoms with van der Waals surface area (Å²) >= 11 is 7.19. The maximum Gasteiger partial charge on any atom is 0.277 e. The molecule has 0 aliphatic rings. The number of nitrogens with one attached hydrogen (secondary N) is 1. The molecule has 142 valence electrons. The normalized spacial score (nSPS) is 10.8. The highest BCUT2D eigenvalue weighted by Gasteiger charge is 2.15. The van der Waals surface area contributed by atoms with Crippen molar-refractivity contribution in [1.29, 1.82) is 0 Å². The van der Waals surface area contributed by atoms with Gasteiger partial charge in [-0.3, -0.25) is 10.1 Å². The summed E-state index contributed by atoms with van der Waals surface area (Å²) in [5.74, 6) is 0.891. The van der Waals surface area contributed by atoms with Crippen LogP contribution in [0, 0.1) is 0 Å². The van der Waals surface area contributed by atoms with Crippen LogP contribution in [0.4, 0.5) is 5.13 Å². The van der Waals surface area contributed by atoms with Crippen LogP contribution >= 0.6 is 22.9 Å². The smallest absolute Gasteiger partial charge is 0.277 e. The highest BCUT2D eigenvalue weighted by molar-refractivity contribution is 7.18. The molecule has 0 spiro atoms. The lowest BCUT2D eigenvalue weighted by Crippen LogP contribution is -2.12. The quantitative estimate of drug-likeness (QED) is 0.533. The maximum absolute atomic E-state index is 12.5. The summed E-state index contributed by atoms with van der Waals surface area (Å²) in [6, 6.07) is 8.85. The number of nitrogens with zero attached hydrogens (tertiary/aromatic N) is 4. The number of carbonyl (C=O) groups is 1. The van der Waals surface area contributed by atoms with Crippen LogP contribution in [0.5, 0.6) is 11.5 Å². The molecule has 0 fully saturated rings. The molecule has 0 saturated carbocycles. The van der Waals surface area contributed by atoms with Crippen molar-refractivity contribution in [3.8, 4) is 22.1 Å². The standard InChI is InChI=1S/C18H14ClN5O3S/c1-26-12-5-10(6-13(7-12)27-2)17-22-23-18(28-17)21-16(25)14-9-24-8-11(19)3-4-15(24)20-14/h3-9H,1-2H3,(H,21,23,25). The Morgan fingerprint density at radius 3 is 2.57 bits per heavy atom. The molecule has 0 unspecified atom stereocenters. The average molecular weight is 416 g/mol. The van der Waals surface area contributed by atoms with Gasteiger partial charge in [0.05, 0.1) is 19.2 Å². The maximum atomic E-state index is 12.5. The zero-order chi connectivity index (χ0) is 19.7. The Hall–Kier alpha value is -3.17. The second-order valence-electron chi connectivity index (χ2n) is 5.71. The van der Waals surface area contributed by atoms with Crippen molar-refractivity contribution < 1.29 is 14.3 Å². The second-order valence-corrected chi connectivity index (χ2v) is 7.12. The number of fused-ring (bicyclic) bond motifs is 1. The van der Waals surface area contributed by atoms with Gasteiger partial charge in [0.1, 0.15) is 27.8 Å². The van der Waals surface area contributed by atoms with Gasteiger partial charge < -0.3 is 13.9 Å². The summed E-state index contributed by atoms with van der Waals surface area (Å²) in [6.45, 7) is 0. The molecule has 0 saturated heterocycles. The van der Waals surface area contributed by atoms with Crippen molar-refractivity contribution in [2.24, 2.45) is 0 Å². The molecule has 0 aliphatic heterocycles. The van der Waals surface area contributed by atoms with Crippen LogP contribution in [0.1, 0.15) is 10.5 Å². The van der Waals surface area contributed by atoms with E-state index < -0.39 is 0 Å². The average Bonchev–Trinajstić information content (AvgIpc) is 3.34. The van der Waals surface area contributed by atoms with Crippen LogP contribution in [-0.4, -0.2) is 39.7 Å². The lowest BCUT2D eigenvalue weighted by Gasteiger charge is -2.06. The van der Waals surface area contributed by atoms with Crippen LogP contribution in [-0.2, 0) is 0 Å². The van der Waals surface area contributed by atoms with Gasteiger partial charge in [0.15, 0.2) is 0 Å². The summed E-state index contributed by atoms with van der Waals surface area (Å²) in [6.07, 6.45) is 3.28. The summed E-state index contributed by atoms with van der Waals surface area (Å²) in [4.78, 5) is 16.8. The number of anilines is 1.